The van der Waals surface area contributed by atoms with Gasteiger partial charge in [-0.3, -0.25) is 9.97 Å². The SMILES string of the molecule is CCn1c2cnccc2c2cc(Cl)cc(-c3ccncc3)c21. The Morgan fingerprint density at radius 1 is 1.00 bits per heavy atom. The fourth-order valence-corrected chi connectivity index (χ4v) is 3.34. The smallest absolute Gasteiger partial charge is 0.0677 e. The lowest BCUT2D eigenvalue weighted by molar-refractivity contribution is 0.826. The zero-order valence-electron chi connectivity index (χ0n) is 12.1. The van der Waals surface area contributed by atoms with Gasteiger partial charge in [0.15, 0.2) is 0 Å². The predicted molar refractivity (Wildman–Crippen MR) is 91.2 cm³/mol. The molecule has 0 radical (unpaired) electrons. The molecule has 0 spiro atoms. The summed E-state index contributed by atoms with van der Waals surface area (Å²) >= 11 is 6.39. The van der Waals surface area contributed by atoms with Crippen LogP contribution in [0.15, 0.2) is 55.1 Å². The summed E-state index contributed by atoms with van der Waals surface area (Å²) in [5.41, 5.74) is 4.58. The van der Waals surface area contributed by atoms with Gasteiger partial charge >= 0.3 is 0 Å². The summed E-state index contributed by atoms with van der Waals surface area (Å²) in [6.45, 7) is 3.03. The molecule has 3 aromatic heterocycles. The van der Waals surface area contributed by atoms with Crippen molar-refractivity contribution in [2.24, 2.45) is 0 Å². The van der Waals surface area contributed by atoms with E-state index >= 15 is 0 Å². The van der Waals surface area contributed by atoms with E-state index in [1.165, 1.54) is 16.3 Å². The molecule has 0 saturated heterocycles. The average Bonchev–Trinajstić information content (AvgIpc) is 2.88. The van der Waals surface area contributed by atoms with Crippen molar-refractivity contribution in [2.45, 2.75) is 13.5 Å². The first-order chi connectivity index (χ1) is 10.8. The molecule has 0 unspecified atom stereocenters. The highest BCUT2D eigenvalue weighted by Gasteiger charge is 2.15. The van der Waals surface area contributed by atoms with Gasteiger partial charge in [0.2, 0.25) is 0 Å². The molecule has 108 valence electrons. The van der Waals surface area contributed by atoms with Crippen LogP contribution in [-0.2, 0) is 6.54 Å². The highest BCUT2D eigenvalue weighted by molar-refractivity contribution is 6.32. The van der Waals surface area contributed by atoms with Crippen LogP contribution in [0, 0.1) is 0 Å². The molecule has 0 aliphatic rings. The van der Waals surface area contributed by atoms with Crippen LogP contribution in [-0.4, -0.2) is 14.5 Å². The number of rotatable bonds is 2. The average molecular weight is 308 g/mol. The third kappa shape index (κ3) is 1.90. The second kappa shape index (κ2) is 5.11. The Labute approximate surface area is 133 Å². The third-order valence-electron chi connectivity index (χ3n) is 4.03. The van der Waals surface area contributed by atoms with E-state index in [-0.39, 0.29) is 0 Å². The molecule has 0 amide bonds. The standard InChI is InChI=1S/C18H14ClN3/c1-2-22-17-11-21-8-5-14(17)16-10-13(19)9-15(18(16)22)12-3-6-20-7-4-12/h3-11H,2H2,1H3. The van der Waals surface area contributed by atoms with E-state index in [4.69, 9.17) is 11.6 Å². The number of aryl methyl sites for hydroxylation is 1. The number of benzene rings is 1. The molecule has 0 atom stereocenters. The number of aromatic nitrogens is 3. The van der Waals surface area contributed by atoms with Crippen LogP contribution in [0.1, 0.15) is 6.92 Å². The molecule has 0 aliphatic carbocycles. The molecule has 0 N–H and O–H groups in total. The lowest BCUT2D eigenvalue weighted by Crippen LogP contribution is -1.95. The van der Waals surface area contributed by atoms with Gasteiger partial charge in [-0.25, -0.2) is 0 Å². The normalized spacial score (nSPS) is 11.4. The molecular formula is C18H14ClN3. The zero-order valence-corrected chi connectivity index (χ0v) is 12.9. The lowest BCUT2D eigenvalue weighted by atomic mass is 10.0. The second-order valence-electron chi connectivity index (χ2n) is 5.22. The fraction of sp³-hybridized carbons (Fsp3) is 0.111. The monoisotopic (exact) mass is 307 g/mol. The molecule has 0 bridgehead atoms. The van der Waals surface area contributed by atoms with Crippen molar-refractivity contribution in [2.75, 3.05) is 0 Å². The van der Waals surface area contributed by atoms with Crippen molar-refractivity contribution in [3.8, 4) is 11.1 Å². The maximum Gasteiger partial charge on any atom is 0.0677 e. The summed E-state index contributed by atoms with van der Waals surface area (Å²) in [6, 6.07) is 10.1. The summed E-state index contributed by atoms with van der Waals surface area (Å²) in [5, 5.41) is 3.09. The summed E-state index contributed by atoms with van der Waals surface area (Å²) in [5.74, 6) is 0. The first kappa shape index (κ1) is 13.3. The fourth-order valence-electron chi connectivity index (χ4n) is 3.12. The van der Waals surface area contributed by atoms with Crippen molar-refractivity contribution < 1.29 is 0 Å². The Bertz CT molecular complexity index is 974. The lowest BCUT2D eigenvalue weighted by Gasteiger charge is -2.09. The van der Waals surface area contributed by atoms with Crippen molar-refractivity contribution in [1.29, 1.82) is 0 Å². The maximum absolute atomic E-state index is 6.39. The van der Waals surface area contributed by atoms with Gasteiger partial charge in [-0.15, -0.1) is 0 Å². The van der Waals surface area contributed by atoms with Gasteiger partial charge in [-0.1, -0.05) is 11.6 Å². The van der Waals surface area contributed by atoms with E-state index < -0.39 is 0 Å². The summed E-state index contributed by atoms with van der Waals surface area (Å²) < 4.78 is 2.30. The Morgan fingerprint density at radius 2 is 1.77 bits per heavy atom. The molecule has 22 heavy (non-hydrogen) atoms. The van der Waals surface area contributed by atoms with Crippen LogP contribution in [0.3, 0.4) is 0 Å². The van der Waals surface area contributed by atoms with E-state index in [9.17, 15) is 0 Å². The van der Waals surface area contributed by atoms with Crippen molar-refractivity contribution in [3.05, 3.63) is 60.1 Å². The summed E-state index contributed by atoms with van der Waals surface area (Å²) in [4.78, 5) is 8.39. The number of hydrogen-bond donors (Lipinski definition) is 0. The van der Waals surface area contributed by atoms with Crippen LogP contribution in [0.5, 0.6) is 0 Å². The topological polar surface area (TPSA) is 30.7 Å². The molecule has 3 nitrogen and oxygen atoms in total. The van der Waals surface area contributed by atoms with E-state index in [0.29, 0.717) is 0 Å². The Kier molecular flexibility index (Phi) is 3.09. The zero-order chi connectivity index (χ0) is 15.1. The van der Waals surface area contributed by atoms with Crippen molar-refractivity contribution in [3.63, 3.8) is 0 Å². The minimum Gasteiger partial charge on any atom is -0.339 e. The Morgan fingerprint density at radius 3 is 2.55 bits per heavy atom. The molecule has 0 fully saturated rings. The van der Waals surface area contributed by atoms with Gasteiger partial charge in [-0.05, 0) is 42.8 Å². The van der Waals surface area contributed by atoms with Crippen LogP contribution in [0.4, 0.5) is 0 Å². The molecule has 4 heteroatoms. The Balaban J connectivity index is 2.22. The molecule has 4 aromatic rings. The van der Waals surface area contributed by atoms with E-state index in [1.807, 2.05) is 49.1 Å². The number of halogens is 1. The number of pyridine rings is 2. The van der Waals surface area contributed by atoms with E-state index in [1.54, 1.807) is 0 Å². The van der Waals surface area contributed by atoms with Gasteiger partial charge in [0.05, 0.1) is 17.2 Å². The molecular weight excluding hydrogens is 294 g/mol. The largest absolute Gasteiger partial charge is 0.339 e. The van der Waals surface area contributed by atoms with Crippen LogP contribution in [0.25, 0.3) is 32.9 Å². The van der Waals surface area contributed by atoms with Gasteiger partial charge in [0.1, 0.15) is 0 Å². The summed E-state index contributed by atoms with van der Waals surface area (Å²) in [6.07, 6.45) is 7.36. The van der Waals surface area contributed by atoms with Crippen LogP contribution < -0.4 is 0 Å². The van der Waals surface area contributed by atoms with Crippen molar-refractivity contribution >= 4 is 33.4 Å². The van der Waals surface area contributed by atoms with E-state index in [0.717, 1.165) is 28.2 Å². The maximum atomic E-state index is 6.39. The van der Waals surface area contributed by atoms with Gasteiger partial charge in [0, 0.05) is 46.5 Å². The molecule has 0 aliphatic heterocycles. The second-order valence-corrected chi connectivity index (χ2v) is 5.66. The highest BCUT2D eigenvalue weighted by Crippen LogP contribution is 2.37. The minimum atomic E-state index is 0.742. The molecule has 3 heterocycles. The first-order valence-corrected chi connectivity index (χ1v) is 7.63. The van der Waals surface area contributed by atoms with Gasteiger partial charge in [0.25, 0.3) is 0 Å². The quantitative estimate of drug-likeness (QED) is 0.526. The van der Waals surface area contributed by atoms with E-state index in [2.05, 4.69) is 27.5 Å². The predicted octanol–water partition coefficient (Wildman–Crippen LogP) is 4.92. The van der Waals surface area contributed by atoms with Gasteiger partial charge < -0.3 is 4.57 Å². The minimum absolute atomic E-state index is 0.742. The highest BCUT2D eigenvalue weighted by atomic mass is 35.5. The third-order valence-corrected chi connectivity index (χ3v) is 4.25. The first-order valence-electron chi connectivity index (χ1n) is 7.25. The van der Waals surface area contributed by atoms with Crippen molar-refractivity contribution in [1.82, 2.24) is 14.5 Å². The number of fused-ring (bicyclic) bond motifs is 3. The summed E-state index contributed by atoms with van der Waals surface area (Å²) in [7, 11) is 0. The number of nitrogens with zero attached hydrogens (tertiary/aromatic N) is 3. The van der Waals surface area contributed by atoms with Gasteiger partial charge in [-0.2, -0.15) is 0 Å². The van der Waals surface area contributed by atoms with Crippen LogP contribution in [0.2, 0.25) is 5.02 Å². The molecule has 0 saturated carbocycles. The Hall–Kier alpha value is -2.39. The van der Waals surface area contributed by atoms with Crippen LogP contribution >= 0.6 is 11.6 Å². The molecule has 1 aromatic carbocycles. The number of hydrogen-bond acceptors (Lipinski definition) is 2. The molecule has 4 rings (SSSR count).